The maximum atomic E-state index is 14.3. The van der Waals surface area contributed by atoms with E-state index >= 15 is 0 Å². The molecule has 0 aromatic heterocycles. The van der Waals surface area contributed by atoms with Crippen LogP contribution in [0.1, 0.15) is 47.5 Å². The smallest absolute Gasteiger partial charge is 0.311 e. The highest BCUT2D eigenvalue weighted by Crippen LogP contribution is 2.46. The zero-order valence-corrected chi connectivity index (χ0v) is 12.3. The fourth-order valence-corrected chi connectivity index (χ4v) is 3.32. The van der Waals surface area contributed by atoms with Crippen LogP contribution in [0.2, 0.25) is 0 Å². The summed E-state index contributed by atoms with van der Waals surface area (Å²) in [5, 5.41) is 8.59. The molecule has 1 aliphatic carbocycles. The number of ketones is 1. The molecule has 7 heteroatoms. The first-order valence-corrected chi connectivity index (χ1v) is 7.42. The third-order valence-electron chi connectivity index (χ3n) is 4.38. The zero-order valence-electron chi connectivity index (χ0n) is 12.3. The molecule has 2 aliphatic rings. The molecular formula is C16H16F2O5. The lowest BCUT2D eigenvalue weighted by atomic mass is 9.94. The van der Waals surface area contributed by atoms with Crippen molar-refractivity contribution in [2.75, 3.05) is 13.2 Å². The second-order valence-corrected chi connectivity index (χ2v) is 5.89. The molecule has 124 valence electrons. The number of hydrogen-bond donors (Lipinski definition) is 1. The van der Waals surface area contributed by atoms with E-state index in [-0.39, 0.29) is 11.5 Å². The van der Waals surface area contributed by atoms with Gasteiger partial charge in [-0.05, 0) is 30.0 Å². The van der Waals surface area contributed by atoms with E-state index in [2.05, 4.69) is 0 Å². The first-order chi connectivity index (χ1) is 10.9. The van der Waals surface area contributed by atoms with E-state index in [0.717, 1.165) is 12.1 Å². The average molecular weight is 326 g/mol. The number of carboxylic acid groups (broad SMARTS) is 1. The van der Waals surface area contributed by atoms with Crippen molar-refractivity contribution < 1.29 is 33.0 Å². The number of carbonyl (C=O) groups excluding carboxylic acids is 1. The molecule has 0 amide bonds. The highest BCUT2D eigenvalue weighted by molar-refractivity contribution is 6.05. The van der Waals surface area contributed by atoms with Crippen molar-refractivity contribution in [3.05, 3.63) is 34.9 Å². The summed E-state index contributed by atoms with van der Waals surface area (Å²) in [6.07, 6.45) is 0.771. The van der Waals surface area contributed by atoms with Crippen LogP contribution >= 0.6 is 0 Å². The van der Waals surface area contributed by atoms with Crippen molar-refractivity contribution in [2.45, 2.75) is 37.4 Å². The molecule has 1 heterocycles. The maximum Gasteiger partial charge on any atom is 0.311 e. The minimum atomic E-state index is -1.38. The lowest BCUT2D eigenvalue weighted by Crippen LogP contribution is -2.25. The molecule has 2 fully saturated rings. The maximum absolute atomic E-state index is 14.3. The van der Waals surface area contributed by atoms with Gasteiger partial charge < -0.3 is 14.6 Å². The summed E-state index contributed by atoms with van der Waals surface area (Å²) in [4.78, 5) is 22.2. The minimum Gasteiger partial charge on any atom is -0.481 e. The van der Waals surface area contributed by atoms with E-state index in [0.29, 0.717) is 32.5 Å². The number of carbonyl (C=O) groups is 2. The lowest BCUT2D eigenvalue weighted by molar-refractivity contribution is -0.151. The van der Waals surface area contributed by atoms with Gasteiger partial charge in [0, 0.05) is 12.8 Å². The molecule has 1 aliphatic heterocycles. The fourth-order valence-electron chi connectivity index (χ4n) is 3.32. The first-order valence-electron chi connectivity index (χ1n) is 7.42. The first kappa shape index (κ1) is 16.0. The van der Waals surface area contributed by atoms with Crippen LogP contribution in [0.15, 0.2) is 12.1 Å². The number of rotatable bonds is 4. The summed E-state index contributed by atoms with van der Waals surface area (Å²) in [6, 6.07) is 1.78. The van der Waals surface area contributed by atoms with E-state index < -0.39 is 41.2 Å². The monoisotopic (exact) mass is 326 g/mol. The van der Waals surface area contributed by atoms with Crippen LogP contribution in [0, 0.1) is 11.6 Å². The average Bonchev–Trinajstić information content (AvgIpc) is 3.11. The molecule has 0 bridgehead atoms. The topological polar surface area (TPSA) is 72.8 Å². The van der Waals surface area contributed by atoms with E-state index in [9.17, 15) is 18.4 Å². The van der Waals surface area contributed by atoms with Crippen LogP contribution in [0.3, 0.4) is 0 Å². The third-order valence-corrected chi connectivity index (χ3v) is 4.38. The summed E-state index contributed by atoms with van der Waals surface area (Å²) in [5.41, 5.74) is -0.361. The van der Waals surface area contributed by atoms with Gasteiger partial charge in [-0.3, -0.25) is 9.59 Å². The van der Waals surface area contributed by atoms with Gasteiger partial charge in [0.1, 0.15) is 18.1 Å². The SMILES string of the molecule is O=C(O)CC(=O)c1cc(F)c(C2CCC3(C2)OCCO3)cc1F. The van der Waals surface area contributed by atoms with Gasteiger partial charge >= 0.3 is 5.97 Å². The van der Waals surface area contributed by atoms with Crippen molar-refractivity contribution in [1.82, 2.24) is 0 Å². The minimum absolute atomic E-state index is 0.172. The van der Waals surface area contributed by atoms with Crippen LogP contribution < -0.4 is 0 Å². The van der Waals surface area contributed by atoms with Crippen molar-refractivity contribution in [1.29, 1.82) is 0 Å². The van der Waals surface area contributed by atoms with Crippen LogP contribution in [0.25, 0.3) is 0 Å². The van der Waals surface area contributed by atoms with Gasteiger partial charge in [-0.25, -0.2) is 8.78 Å². The molecule has 1 spiro atoms. The Morgan fingerprint density at radius 2 is 1.91 bits per heavy atom. The molecular weight excluding hydrogens is 310 g/mol. The van der Waals surface area contributed by atoms with Gasteiger partial charge in [0.15, 0.2) is 11.6 Å². The quantitative estimate of drug-likeness (QED) is 0.680. The fraction of sp³-hybridized carbons (Fsp3) is 0.500. The van der Waals surface area contributed by atoms with E-state index in [1.54, 1.807) is 0 Å². The van der Waals surface area contributed by atoms with Crippen LogP contribution in [-0.2, 0) is 14.3 Å². The molecule has 1 aromatic carbocycles. The Morgan fingerprint density at radius 1 is 1.22 bits per heavy atom. The standard InChI is InChI=1S/C16H16F2O5/c17-12-6-11(14(19)7-15(20)21)13(18)5-10(12)9-1-2-16(8-9)22-3-4-23-16/h5-6,9H,1-4,7-8H2,(H,20,21). The number of carboxylic acids is 1. The highest BCUT2D eigenvalue weighted by atomic mass is 19.1. The van der Waals surface area contributed by atoms with Crippen molar-refractivity contribution in [2.24, 2.45) is 0 Å². The highest BCUT2D eigenvalue weighted by Gasteiger charge is 2.45. The Morgan fingerprint density at radius 3 is 2.57 bits per heavy atom. The van der Waals surface area contributed by atoms with Gasteiger partial charge in [0.2, 0.25) is 0 Å². The molecule has 3 rings (SSSR count). The number of aliphatic carboxylic acids is 1. The Labute approximate surface area is 131 Å². The second kappa shape index (κ2) is 5.98. The molecule has 5 nitrogen and oxygen atoms in total. The van der Waals surface area contributed by atoms with Gasteiger partial charge in [0.05, 0.1) is 18.8 Å². The normalized spacial score (nSPS) is 22.6. The van der Waals surface area contributed by atoms with Crippen molar-refractivity contribution in [3.63, 3.8) is 0 Å². The summed E-state index contributed by atoms with van der Waals surface area (Å²) in [7, 11) is 0. The Bertz CT molecular complexity index is 652. The van der Waals surface area contributed by atoms with E-state index in [1.807, 2.05) is 0 Å². The molecule has 1 aromatic rings. The van der Waals surface area contributed by atoms with Crippen LogP contribution in [0.4, 0.5) is 8.78 Å². The molecule has 1 atom stereocenters. The Balaban J connectivity index is 1.83. The van der Waals surface area contributed by atoms with E-state index in [1.165, 1.54) is 0 Å². The number of benzene rings is 1. The van der Waals surface area contributed by atoms with Gasteiger partial charge in [-0.15, -0.1) is 0 Å². The number of Topliss-reactive ketones (excluding diaryl/α,β-unsaturated/α-hetero) is 1. The molecule has 1 saturated heterocycles. The predicted octanol–water partition coefficient (Wildman–Crippen LogP) is 2.63. The van der Waals surface area contributed by atoms with E-state index in [4.69, 9.17) is 14.6 Å². The lowest BCUT2D eigenvalue weighted by Gasteiger charge is -2.21. The van der Waals surface area contributed by atoms with Gasteiger partial charge in [-0.1, -0.05) is 0 Å². The van der Waals surface area contributed by atoms with Crippen molar-refractivity contribution >= 4 is 11.8 Å². The third kappa shape index (κ3) is 3.11. The summed E-state index contributed by atoms with van der Waals surface area (Å²) in [6.45, 7) is 0.985. The molecule has 1 saturated carbocycles. The Kier molecular flexibility index (Phi) is 4.16. The zero-order chi connectivity index (χ0) is 16.6. The molecule has 1 unspecified atom stereocenters. The summed E-state index contributed by atoms with van der Waals surface area (Å²) < 4.78 is 39.6. The van der Waals surface area contributed by atoms with Crippen LogP contribution in [0.5, 0.6) is 0 Å². The Hall–Kier alpha value is -1.86. The summed E-state index contributed by atoms with van der Waals surface area (Å²) in [5.74, 6) is -4.91. The van der Waals surface area contributed by atoms with Crippen LogP contribution in [-0.4, -0.2) is 35.9 Å². The predicted molar refractivity (Wildman–Crippen MR) is 74.2 cm³/mol. The number of halogens is 2. The molecule has 1 N–H and O–H groups in total. The molecule has 23 heavy (non-hydrogen) atoms. The number of hydrogen-bond acceptors (Lipinski definition) is 4. The van der Waals surface area contributed by atoms with Gasteiger partial charge in [-0.2, -0.15) is 0 Å². The van der Waals surface area contributed by atoms with Crippen molar-refractivity contribution in [3.8, 4) is 0 Å². The second-order valence-electron chi connectivity index (χ2n) is 5.89. The largest absolute Gasteiger partial charge is 0.481 e. The van der Waals surface area contributed by atoms with Gasteiger partial charge in [0.25, 0.3) is 0 Å². The number of ether oxygens (including phenoxy) is 2. The molecule has 0 radical (unpaired) electrons. The summed E-state index contributed by atoms with van der Waals surface area (Å²) >= 11 is 0.